The highest BCUT2D eigenvalue weighted by Gasteiger charge is 2.27. The molecule has 1 aliphatic heterocycles. The summed E-state index contributed by atoms with van der Waals surface area (Å²) in [5, 5.41) is 0.896. The highest BCUT2D eigenvalue weighted by atomic mass is 35.5. The maximum absolute atomic E-state index is 15.1. The van der Waals surface area contributed by atoms with Crippen LogP contribution in [0, 0.1) is 5.82 Å². The first-order valence-corrected chi connectivity index (χ1v) is 16.2. The third kappa shape index (κ3) is 5.60. The van der Waals surface area contributed by atoms with Gasteiger partial charge in [-0.1, -0.05) is 60.5 Å². The minimum absolute atomic E-state index is 0.0859. The molecule has 1 amide bonds. The van der Waals surface area contributed by atoms with Gasteiger partial charge in [-0.05, 0) is 53.9 Å². The first-order valence-electron chi connectivity index (χ1n) is 13.6. The number of hydrogen-bond acceptors (Lipinski definition) is 5. The Morgan fingerprint density at radius 2 is 1.70 bits per heavy atom. The number of nitrogens with one attached hydrogen (secondary N) is 1. The molecule has 0 saturated heterocycles. The standard InChI is InChI=1S/C32H26Cl2FN3O4S/c1-3-22-23(9-11-29(30(22)35)43(2,40)41)32(39)38-12-13-42-28-10-8-20(14-21(28)17-38)18-4-6-19(7-5-18)31-36-26-15-24(33)25(34)16-27(26)37-31/h4-11,14-16H,3,12-13,17H2,1-2H3,(H,36,37). The summed E-state index contributed by atoms with van der Waals surface area (Å²) in [5.41, 5.74) is 5.34. The number of nitrogens with zero attached hydrogens (tertiary/aromatic N) is 2. The highest BCUT2D eigenvalue weighted by molar-refractivity contribution is 7.90. The van der Waals surface area contributed by atoms with Gasteiger partial charge >= 0.3 is 0 Å². The van der Waals surface area contributed by atoms with Crippen LogP contribution in [0.25, 0.3) is 33.5 Å². The molecule has 1 aromatic heterocycles. The summed E-state index contributed by atoms with van der Waals surface area (Å²) in [7, 11) is -3.77. The molecule has 5 aromatic rings. The third-order valence-corrected chi connectivity index (χ3v) is 9.37. The summed E-state index contributed by atoms with van der Waals surface area (Å²) < 4.78 is 45.1. The number of ether oxygens (including phenoxy) is 1. The predicted molar refractivity (Wildman–Crippen MR) is 166 cm³/mol. The number of carbonyl (C=O) groups excluding carboxylic acids is 1. The first-order chi connectivity index (χ1) is 20.5. The van der Waals surface area contributed by atoms with E-state index < -0.39 is 20.5 Å². The molecule has 0 bridgehead atoms. The average molecular weight is 639 g/mol. The lowest BCUT2D eigenvalue weighted by Crippen LogP contribution is -2.33. The number of benzene rings is 4. The van der Waals surface area contributed by atoms with E-state index in [0.29, 0.717) is 28.2 Å². The lowest BCUT2D eigenvalue weighted by atomic mass is 10.00. The molecule has 1 N–H and O–H groups in total. The molecule has 0 saturated carbocycles. The van der Waals surface area contributed by atoms with E-state index in [2.05, 4.69) is 9.97 Å². The maximum Gasteiger partial charge on any atom is 0.254 e. The second-order valence-electron chi connectivity index (χ2n) is 10.4. The Hall–Kier alpha value is -3.92. The van der Waals surface area contributed by atoms with E-state index in [4.69, 9.17) is 27.9 Å². The van der Waals surface area contributed by atoms with Crippen LogP contribution in [-0.4, -0.2) is 48.6 Å². The van der Waals surface area contributed by atoms with Crippen molar-refractivity contribution in [3.63, 3.8) is 0 Å². The Bertz CT molecular complexity index is 1970. The monoisotopic (exact) mass is 637 g/mol. The first kappa shape index (κ1) is 29.2. The zero-order chi connectivity index (χ0) is 30.5. The van der Waals surface area contributed by atoms with E-state index in [9.17, 15) is 13.2 Å². The van der Waals surface area contributed by atoms with Gasteiger partial charge in [-0.3, -0.25) is 4.79 Å². The van der Waals surface area contributed by atoms with Gasteiger partial charge in [-0.25, -0.2) is 17.8 Å². The molecule has 0 aliphatic carbocycles. The van der Waals surface area contributed by atoms with Crippen LogP contribution in [0.2, 0.25) is 10.0 Å². The van der Waals surface area contributed by atoms with Crippen molar-refractivity contribution in [2.75, 3.05) is 19.4 Å². The smallest absolute Gasteiger partial charge is 0.254 e. The molecule has 0 unspecified atom stereocenters. The van der Waals surface area contributed by atoms with Gasteiger partial charge in [0, 0.05) is 35.1 Å². The molecular formula is C32H26Cl2FN3O4S. The van der Waals surface area contributed by atoms with Crippen molar-refractivity contribution >= 4 is 50.0 Å². The summed E-state index contributed by atoms with van der Waals surface area (Å²) in [6.45, 7) is 2.51. The van der Waals surface area contributed by atoms with E-state index in [1.807, 2.05) is 42.5 Å². The lowest BCUT2D eigenvalue weighted by Gasteiger charge is -2.22. The van der Waals surface area contributed by atoms with Crippen molar-refractivity contribution in [3.8, 4) is 28.3 Å². The van der Waals surface area contributed by atoms with Crippen LogP contribution >= 0.6 is 23.2 Å². The second kappa shape index (κ2) is 11.3. The van der Waals surface area contributed by atoms with Gasteiger partial charge in [0.25, 0.3) is 5.91 Å². The number of imidazole rings is 1. The van der Waals surface area contributed by atoms with Crippen molar-refractivity contribution in [2.45, 2.75) is 24.8 Å². The molecule has 0 radical (unpaired) electrons. The minimum atomic E-state index is -3.77. The Kier molecular flexibility index (Phi) is 7.66. The quantitative estimate of drug-likeness (QED) is 0.218. The SMILES string of the molecule is CCc1c(C(=O)N2CCOc3ccc(-c4ccc(-c5nc6cc(Cl)c(Cl)cc6[nH]5)cc4)cc3C2)ccc(S(C)(=O)=O)c1F. The van der Waals surface area contributed by atoms with Crippen molar-refractivity contribution in [1.82, 2.24) is 14.9 Å². The van der Waals surface area contributed by atoms with Gasteiger partial charge in [-0.2, -0.15) is 0 Å². The van der Waals surface area contributed by atoms with Crippen molar-refractivity contribution in [1.29, 1.82) is 0 Å². The Labute approximate surface area is 258 Å². The number of fused-ring (bicyclic) bond motifs is 2. The average Bonchev–Trinajstić information content (AvgIpc) is 3.25. The minimum Gasteiger partial charge on any atom is -0.491 e. The molecule has 0 atom stereocenters. The summed E-state index contributed by atoms with van der Waals surface area (Å²) >= 11 is 12.3. The molecular weight excluding hydrogens is 612 g/mol. The molecule has 2 heterocycles. The number of H-pyrrole nitrogens is 1. The maximum atomic E-state index is 15.1. The van der Waals surface area contributed by atoms with Gasteiger partial charge < -0.3 is 14.6 Å². The largest absolute Gasteiger partial charge is 0.491 e. The topological polar surface area (TPSA) is 92.4 Å². The molecule has 4 aromatic carbocycles. The molecule has 1 aliphatic rings. The number of aromatic amines is 1. The van der Waals surface area contributed by atoms with E-state index in [0.717, 1.165) is 45.6 Å². The molecule has 0 spiro atoms. The van der Waals surface area contributed by atoms with Crippen molar-refractivity contribution < 1.29 is 22.3 Å². The predicted octanol–water partition coefficient (Wildman–Crippen LogP) is 7.34. The molecule has 0 fully saturated rings. The van der Waals surface area contributed by atoms with E-state index in [1.54, 1.807) is 24.0 Å². The molecule has 11 heteroatoms. The van der Waals surface area contributed by atoms with Crippen LogP contribution in [0.15, 0.2) is 71.6 Å². The molecule has 7 nitrogen and oxygen atoms in total. The van der Waals surface area contributed by atoms with Gasteiger partial charge in [0.15, 0.2) is 9.84 Å². The number of aromatic nitrogens is 2. The fourth-order valence-corrected chi connectivity index (χ4v) is 6.40. The normalized spacial score (nSPS) is 13.5. The zero-order valence-corrected chi connectivity index (χ0v) is 25.6. The van der Waals surface area contributed by atoms with E-state index in [1.165, 1.54) is 6.07 Å². The van der Waals surface area contributed by atoms with Gasteiger partial charge in [0.1, 0.15) is 28.9 Å². The fourth-order valence-electron chi connectivity index (χ4n) is 5.31. The van der Waals surface area contributed by atoms with Crippen LogP contribution in [0.5, 0.6) is 5.75 Å². The van der Waals surface area contributed by atoms with Crippen molar-refractivity contribution in [3.05, 3.63) is 99.3 Å². The number of rotatable bonds is 5. The van der Waals surface area contributed by atoms with Gasteiger partial charge in [-0.15, -0.1) is 0 Å². The Balaban J connectivity index is 1.27. The van der Waals surface area contributed by atoms with Crippen LogP contribution in [0.4, 0.5) is 4.39 Å². The number of hydrogen-bond donors (Lipinski definition) is 1. The van der Waals surface area contributed by atoms with Gasteiger partial charge in [0.05, 0.1) is 27.6 Å². The summed E-state index contributed by atoms with van der Waals surface area (Å²) in [6.07, 6.45) is 1.12. The number of halogens is 3. The number of sulfone groups is 1. The van der Waals surface area contributed by atoms with E-state index >= 15 is 4.39 Å². The summed E-state index contributed by atoms with van der Waals surface area (Å²) in [4.78, 5) is 22.7. The fraction of sp³-hybridized carbons (Fsp3) is 0.188. The van der Waals surface area contributed by atoms with Crippen LogP contribution in [-0.2, 0) is 22.8 Å². The third-order valence-electron chi connectivity index (χ3n) is 7.53. The van der Waals surface area contributed by atoms with E-state index in [-0.39, 0.29) is 36.6 Å². The number of amides is 1. The summed E-state index contributed by atoms with van der Waals surface area (Å²) in [5.74, 6) is 0.111. The lowest BCUT2D eigenvalue weighted by molar-refractivity contribution is 0.0731. The number of carbonyl (C=O) groups is 1. The Morgan fingerprint density at radius 1 is 1.00 bits per heavy atom. The summed E-state index contributed by atoms with van der Waals surface area (Å²) in [6, 6.07) is 19.8. The highest BCUT2D eigenvalue weighted by Crippen LogP contribution is 2.33. The second-order valence-corrected chi connectivity index (χ2v) is 13.2. The zero-order valence-electron chi connectivity index (χ0n) is 23.2. The van der Waals surface area contributed by atoms with Crippen LogP contribution in [0.1, 0.15) is 28.4 Å². The van der Waals surface area contributed by atoms with Crippen LogP contribution < -0.4 is 4.74 Å². The molecule has 6 rings (SSSR count). The Morgan fingerprint density at radius 3 is 2.42 bits per heavy atom. The van der Waals surface area contributed by atoms with Crippen LogP contribution in [0.3, 0.4) is 0 Å². The molecule has 220 valence electrons. The molecule has 43 heavy (non-hydrogen) atoms. The van der Waals surface area contributed by atoms with Gasteiger partial charge in [0.2, 0.25) is 0 Å². The van der Waals surface area contributed by atoms with Crippen molar-refractivity contribution in [2.24, 2.45) is 0 Å².